The monoisotopic (exact) mass is 452 g/mol. The zero-order valence-electron chi connectivity index (χ0n) is 16.7. The van der Waals surface area contributed by atoms with Crippen LogP contribution in [0.4, 0.5) is 19.0 Å². The van der Waals surface area contributed by atoms with Crippen molar-refractivity contribution in [1.29, 1.82) is 0 Å². The number of nitrogens with zero attached hydrogens (tertiary/aromatic N) is 2. The highest BCUT2D eigenvalue weighted by Crippen LogP contribution is 2.28. The van der Waals surface area contributed by atoms with Crippen LogP contribution in [0.3, 0.4) is 0 Å². The minimum Gasteiger partial charge on any atom is -0.258 e. The molecule has 2 aromatic carbocycles. The lowest BCUT2D eigenvalue weighted by atomic mass is 10.1. The number of benzene rings is 2. The van der Waals surface area contributed by atoms with Crippen LogP contribution in [0.25, 0.3) is 11.3 Å². The summed E-state index contributed by atoms with van der Waals surface area (Å²) < 4.78 is 44.1. The van der Waals surface area contributed by atoms with Gasteiger partial charge in [-0.2, -0.15) is 4.57 Å². The molecule has 0 bridgehead atoms. The van der Waals surface area contributed by atoms with Crippen LogP contribution in [0.1, 0.15) is 20.9 Å². The molecular formula is C24H17F3N3OS+. The summed E-state index contributed by atoms with van der Waals surface area (Å²) in [5, 5.41) is 5.14. The number of nitrogens with one attached hydrogen (secondary N) is 1. The quantitative estimate of drug-likeness (QED) is 0.443. The molecule has 0 radical (unpaired) electrons. The summed E-state index contributed by atoms with van der Waals surface area (Å²) in [5.74, 6) is -2.27. The second kappa shape index (κ2) is 8.20. The predicted octanol–water partition coefficient (Wildman–Crippen LogP) is 4.78. The van der Waals surface area contributed by atoms with Crippen LogP contribution in [0.2, 0.25) is 0 Å². The van der Waals surface area contributed by atoms with Crippen molar-refractivity contribution in [2.45, 2.75) is 18.9 Å². The number of aromatic nitrogens is 2. The summed E-state index contributed by atoms with van der Waals surface area (Å²) >= 11 is 1.54. The average molecular weight is 452 g/mol. The molecule has 0 aliphatic carbocycles. The van der Waals surface area contributed by atoms with Crippen LogP contribution >= 0.6 is 11.3 Å². The molecule has 32 heavy (non-hydrogen) atoms. The molecule has 3 heterocycles. The van der Waals surface area contributed by atoms with Gasteiger partial charge in [0.2, 0.25) is 0 Å². The zero-order chi connectivity index (χ0) is 22.2. The molecule has 0 fully saturated rings. The Morgan fingerprint density at radius 1 is 1.00 bits per heavy atom. The largest absolute Gasteiger partial charge is 0.359 e. The second-order valence-corrected chi connectivity index (χ2v) is 8.51. The van der Waals surface area contributed by atoms with Crippen LogP contribution in [0.15, 0.2) is 66.2 Å². The van der Waals surface area contributed by atoms with Crippen molar-refractivity contribution < 1.29 is 22.5 Å². The van der Waals surface area contributed by atoms with E-state index in [0.29, 0.717) is 23.5 Å². The Labute approximate surface area is 186 Å². The lowest BCUT2D eigenvalue weighted by Gasteiger charge is -2.08. The fourth-order valence-electron chi connectivity index (χ4n) is 3.82. The van der Waals surface area contributed by atoms with E-state index in [1.165, 1.54) is 29.0 Å². The van der Waals surface area contributed by atoms with Gasteiger partial charge in [0.1, 0.15) is 23.4 Å². The Bertz CT molecular complexity index is 1320. The van der Waals surface area contributed by atoms with Gasteiger partial charge in [-0.25, -0.2) is 22.9 Å². The normalized spacial score (nSPS) is 15.0. The first-order chi connectivity index (χ1) is 15.5. The molecule has 0 saturated carbocycles. The summed E-state index contributed by atoms with van der Waals surface area (Å²) in [6, 6.07) is 13.4. The van der Waals surface area contributed by atoms with E-state index in [1.54, 1.807) is 29.5 Å². The molecule has 1 N–H and O–H groups in total. The fourth-order valence-corrected chi connectivity index (χ4v) is 4.57. The average Bonchev–Trinajstić information content (AvgIpc) is 3.41. The number of anilines is 1. The van der Waals surface area contributed by atoms with E-state index in [4.69, 9.17) is 0 Å². The van der Waals surface area contributed by atoms with Crippen molar-refractivity contribution in [3.63, 3.8) is 0 Å². The van der Waals surface area contributed by atoms with Crippen LogP contribution in [0, 0.1) is 17.5 Å². The number of carbonyl (C=O) groups is 1. The molecule has 1 aliphatic heterocycles. The maximum absolute atomic E-state index is 14.5. The Balaban J connectivity index is 1.61. The topological polar surface area (TPSA) is 45.9 Å². The Morgan fingerprint density at radius 2 is 1.81 bits per heavy atom. The number of hydrogen-bond donors (Lipinski definition) is 1. The van der Waals surface area contributed by atoms with Gasteiger partial charge in [0.05, 0.1) is 0 Å². The second-order valence-electron chi connectivity index (χ2n) is 7.48. The van der Waals surface area contributed by atoms with Crippen molar-refractivity contribution in [2.75, 3.05) is 5.32 Å². The molecule has 4 aromatic rings. The highest BCUT2D eigenvalue weighted by Gasteiger charge is 2.41. The van der Waals surface area contributed by atoms with Crippen LogP contribution in [-0.2, 0) is 12.8 Å². The van der Waals surface area contributed by atoms with E-state index >= 15 is 0 Å². The van der Waals surface area contributed by atoms with Gasteiger partial charge < -0.3 is 0 Å². The summed E-state index contributed by atoms with van der Waals surface area (Å²) in [6.45, 7) is 0. The zero-order valence-corrected chi connectivity index (χ0v) is 17.5. The highest BCUT2D eigenvalue weighted by atomic mass is 32.1. The van der Waals surface area contributed by atoms with E-state index in [0.717, 1.165) is 10.9 Å². The minimum atomic E-state index is -1.05. The van der Waals surface area contributed by atoms with Gasteiger partial charge in [-0.1, -0.05) is 30.3 Å². The summed E-state index contributed by atoms with van der Waals surface area (Å²) in [4.78, 5) is 18.7. The molecular weight excluding hydrogens is 435 g/mol. The first kappa shape index (κ1) is 20.4. The van der Waals surface area contributed by atoms with E-state index in [1.807, 2.05) is 17.5 Å². The Kier molecular flexibility index (Phi) is 5.22. The molecule has 0 saturated heterocycles. The molecule has 0 spiro atoms. The standard InChI is InChI=1S/C24H16F3N3OS/c25-17-8-2-1-5-14(17)11-19-23-29-20(12-15-6-4-10-32-15)24(31)30(23)13-21(28-19)16-7-3-9-18(26)22(16)27/h1-10,13,20H,11-12H2/p+1. The predicted molar refractivity (Wildman–Crippen MR) is 115 cm³/mol. The van der Waals surface area contributed by atoms with Gasteiger partial charge >= 0.3 is 11.7 Å². The van der Waals surface area contributed by atoms with Gasteiger partial charge in [-0.05, 0) is 35.2 Å². The third kappa shape index (κ3) is 3.67. The molecule has 5 rings (SSSR count). The third-order valence-corrected chi connectivity index (χ3v) is 6.29. The first-order valence-corrected chi connectivity index (χ1v) is 10.9. The number of carbonyl (C=O) groups excluding carboxylic acids is 1. The first-order valence-electron chi connectivity index (χ1n) is 9.98. The minimum absolute atomic E-state index is 0.0652. The lowest BCUT2D eigenvalue weighted by Crippen LogP contribution is -2.44. The van der Waals surface area contributed by atoms with E-state index in [-0.39, 0.29) is 23.6 Å². The van der Waals surface area contributed by atoms with Crippen LogP contribution < -0.4 is 9.88 Å². The number of rotatable bonds is 5. The van der Waals surface area contributed by atoms with Gasteiger partial charge in [0.25, 0.3) is 0 Å². The molecule has 2 aromatic heterocycles. The van der Waals surface area contributed by atoms with Gasteiger partial charge in [0, 0.05) is 23.3 Å². The van der Waals surface area contributed by atoms with Crippen molar-refractivity contribution in [1.82, 2.24) is 4.98 Å². The van der Waals surface area contributed by atoms with E-state index < -0.39 is 23.5 Å². The summed E-state index contributed by atoms with van der Waals surface area (Å²) in [6.07, 6.45) is 1.96. The van der Waals surface area contributed by atoms with E-state index in [9.17, 15) is 18.0 Å². The van der Waals surface area contributed by atoms with Crippen LogP contribution in [-0.4, -0.2) is 16.9 Å². The molecule has 4 nitrogen and oxygen atoms in total. The van der Waals surface area contributed by atoms with Gasteiger partial charge in [0.15, 0.2) is 17.7 Å². The smallest absolute Gasteiger partial charge is 0.258 e. The lowest BCUT2D eigenvalue weighted by molar-refractivity contribution is -0.552. The van der Waals surface area contributed by atoms with Crippen molar-refractivity contribution in [2.24, 2.45) is 0 Å². The van der Waals surface area contributed by atoms with Gasteiger partial charge in [-0.3, -0.25) is 5.32 Å². The van der Waals surface area contributed by atoms with Crippen LogP contribution in [0.5, 0.6) is 0 Å². The summed E-state index contributed by atoms with van der Waals surface area (Å²) in [5.41, 5.74) is 0.794. The molecule has 1 aliphatic rings. The Morgan fingerprint density at radius 3 is 2.59 bits per heavy atom. The van der Waals surface area contributed by atoms with Gasteiger partial charge in [-0.15, -0.1) is 11.3 Å². The molecule has 8 heteroatoms. The van der Waals surface area contributed by atoms with Crippen molar-refractivity contribution in [3.05, 3.63) is 99.8 Å². The fraction of sp³-hybridized carbons (Fsp3) is 0.125. The molecule has 1 atom stereocenters. The highest BCUT2D eigenvalue weighted by molar-refractivity contribution is 7.09. The maximum Gasteiger partial charge on any atom is 0.359 e. The molecule has 0 amide bonds. The van der Waals surface area contributed by atoms with E-state index in [2.05, 4.69) is 10.3 Å². The Hall–Kier alpha value is -3.52. The number of hydrogen-bond acceptors (Lipinski definition) is 4. The number of thiophene rings is 1. The molecule has 160 valence electrons. The van der Waals surface area contributed by atoms with Crippen molar-refractivity contribution >= 4 is 23.1 Å². The maximum atomic E-state index is 14.5. The SMILES string of the molecule is O=C1C(Cc2cccs2)Nc2c(Cc3ccccc3F)nc(-c3cccc(F)c3F)c[n+]21. The van der Waals surface area contributed by atoms with Crippen molar-refractivity contribution in [3.8, 4) is 11.3 Å². The number of fused-ring (bicyclic) bond motifs is 1. The number of halogens is 3. The third-order valence-electron chi connectivity index (χ3n) is 5.40. The molecule has 1 unspecified atom stereocenters. The summed E-state index contributed by atoms with van der Waals surface area (Å²) in [7, 11) is 0.